The molecule has 23 aliphatic heterocycles. The third-order valence-corrected chi connectivity index (χ3v) is 14.5. The molecule has 0 aromatic heterocycles. The van der Waals surface area contributed by atoms with Crippen LogP contribution in [0.4, 0.5) is 0 Å². The van der Waals surface area contributed by atoms with Gasteiger partial charge in [-0.25, -0.2) is 0 Å². The summed E-state index contributed by atoms with van der Waals surface area (Å²) < 4.78 is 70.4. The molecule has 23 aliphatic rings. The molecule has 30 heteroatoms. The number of aliphatic hydroxyl groups excluding tert-OH is 16. The lowest BCUT2D eigenvalue weighted by Gasteiger charge is -2.51. The highest BCUT2D eigenvalue weighted by molar-refractivity contribution is 5.01. The van der Waals surface area contributed by atoms with Crippen LogP contribution in [-0.2, 0) is 56.8 Å². The number of nitrogens with zero attached hydrogens (tertiary/aromatic N) is 2. The molecule has 30 nitrogen and oxygen atoms in total. The lowest BCUT2D eigenvalue weighted by molar-refractivity contribution is -0.402. The van der Waals surface area contributed by atoms with Crippen molar-refractivity contribution < 1.29 is 139 Å². The first-order valence-electron chi connectivity index (χ1n) is 23.7. The molecular weight excluding hydrogens is 968 g/mol. The van der Waals surface area contributed by atoms with Crippen molar-refractivity contribution in [3.05, 3.63) is 0 Å². The van der Waals surface area contributed by atoms with Crippen molar-refractivity contribution >= 4 is 0 Å². The van der Waals surface area contributed by atoms with E-state index in [2.05, 4.69) is 4.90 Å². The normalized spacial score (nSPS) is 54.2. The van der Waals surface area contributed by atoms with Crippen LogP contribution in [0, 0.1) is 0 Å². The molecule has 412 valence electrons. The van der Waals surface area contributed by atoms with Crippen molar-refractivity contribution in [3.63, 3.8) is 0 Å². The standard InChI is InChI=1S/C41H70N2O28/c1-12-30-18(48)24(54)36(60-12)68-32-14(8-44)64-40(28(58)21(32)51)71-35-17(11-47)65-41(29(59)23(35)53)70-34-16(10-46)63-39(27(57)22(34)52)67-31-13(7-43-5-3-42(2)4-6-43)61-37(25(55)19(31)49)69-33-15(9-45)62-38(66-30)26(56)20(33)50/h12-41,44-59H,3-11H2,1-2H3. The highest BCUT2D eigenvalue weighted by atomic mass is 16.8. The molecule has 30 unspecified atom stereocenters. The lowest BCUT2D eigenvalue weighted by Crippen LogP contribution is -2.69. The van der Waals surface area contributed by atoms with Gasteiger partial charge in [0.05, 0.1) is 32.5 Å². The van der Waals surface area contributed by atoms with E-state index in [1.807, 2.05) is 11.9 Å². The molecule has 0 saturated carbocycles. The maximum absolute atomic E-state index is 11.7. The number of piperazine rings is 1. The fraction of sp³-hybridized carbons (Fsp3) is 1.00. The SMILES string of the molecule is CC1OC2OC3C(CO)OC(OC4C(CO)OC(OC5C(CO)OC(OC6C(CN7CCN(C)CC7)OC(OC7C(CO)OC(OC1C(O)C2O)C(O)C7O)C(O)C6O)C(O)C5O)C(O)C4O)C(O)C3O. The lowest BCUT2D eigenvalue weighted by atomic mass is 9.94. The van der Waals surface area contributed by atoms with E-state index in [-0.39, 0.29) is 6.54 Å². The van der Waals surface area contributed by atoms with Gasteiger partial charge in [0.1, 0.15) is 140 Å². The van der Waals surface area contributed by atoms with E-state index >= 15 is 0 Å². The van der Waals surface area contributed by atoms with Gasteiger partial charge in [-0.15, -0.1) is 0 Å². The average Bonchev–Trinajstić information content (AvgIpc) is 3.35. The predicted octanol–water partition coefficient (Wildman–Crippen LogP) is -11.8. The summed E-state index contributed by atoms with van der Waals surface area (Å²) in [4.78, 5) is 4.00. The minimum atomic E-state index is -2.11. The minimum Gasteiger partial charge on any atom is -0.394 e. The van der Waals surface area contributed by atoms with Crippen molar-refractivity contribution in [2.24, 2.45) is 0 Å². The van der Waals surface area contributed by atoms with Crippen LogP contribution < -0.4 is 0 Å². The highest BCUT2D eigenvalue weighted by Crippen LogP contribution is 2.38. The Hall–Kier alpha value is -1.20. The molecule has 23 rings (SSSR count). The summed E-state index contributed by atoms with van der Waals surface area (Å²) in [6.45, 7) is -0.180. The molecule has 0 aliphatic carbocycles. The number of aliphatic hydroxyl groups is 16. The second kappa shape index (κ2) is 23.6. The maximum atomic E-state index is 11.7. The quantitative estimate of drug-likeness (QED) is 0.117. The molecule has 0 aromatic carbocycles. The van der Waals surface area contributed by atoms with E-state index in [0.29, 0.717) is 26.2 Å². The number of hydrogen-bond acceptors (Lipinski definition) is 30. The van der Waals surface area contributed by atoms with Gasteiger partial charge in [-0.05, 0) is 14.0 Å². The molecule has 0 amide bonds. The Bertz CT molecular complexity index is 1670. The second-order valence-electron chi connectivity index (χ2n) is 19.2. The van der Waals surface area contributed by atoms with Crippen LogP contribution in [0.2, 0.25) is 0 Å². The first kappa shape index (κ1) is 56.0. The number of likely N-dealkylation sites (N-methyl/N-ethyl adjacent to an activating group) is 1. The van der Waals surface area contributed by atoms with Crippen LogP contribution in [0.3, 0.4) is 0 Å². The third kappa shape index (κ3) is 11.3. The number of hydrogen-bond donors (Lipinski definition) is 16. The second-order valence-corrected chi connectivity index (χ2v) is 19.2. The Morgan fingerprint density at radius 2 is 0.549 bits per heavy atom. The van der Waals surface area contributed by atoms with Gasteiger partial charge in [0.15, 0.2) is 37.7 Å². The number of rotatable bonds is 6. The van der Waals surface area contributed by atoms with E-state index in [4.69, 9.17) is 56.8 Å². The molecule has 23 fully saturated rings. The van der Waals surface area contributed by atoms with Gasteiger partial charge in [-0.2, -0.15) is 0 Å². The van der Waals surface area contributed by atoms with Crippen molar-refractivity contribution in [2.75, 3.05) is 66.2 Å². The van der Waals surface area contributed by atoms with Crippen molar-refractivity contribution in [1.29, 1.82) is 0 Å². The Labute approximate surface area is 405 Å². The first-order chi connectivity index (χ1) is 33.8. The van der Waals surface area contributed by atoms with Crippen molar-refractivity contribution in [3.8, 4) is 0 Å². The zero-order valence-corrected chi connectivity index (χ0v) is 38.6. The molecule has 0 radical (unpaired) electrons. The summed E-state index contributed by atoms with van der Waals surface area (Å²) in [5.41, 5.74) is 0. The van der Waals surface area contributed by atoms with Gasteiger partial charge in [0.2, 0.25) is 0 Å². The summed E-state index contributed by atoms with van der Waals surface area (Å²) in [5.74, 6) is 0. The Kier molecular flexibility index (Phi) is 18.6. The smallest absolute Gasteiger partial charge is 0.187 e. The van der Waals surface area contributed by atoms with Crippen LogP contribution in [0.25, 0.3) is 0 Å². The largest absolute Gasteiger partial charge is 0.394 e. The van der Waals surface area contributed by atoms with Gasteiger partial charge >= 0.3 is 0 Å². The van der Waals surface area contributed by atoms with Crippen LogP contribution in [0.1, 0.15) is 6.92 Å². The van der Waals surface area contributed by atoms with Gasteiger partial charge in [0.25, 0.3) is 0 Å². The third-order valence-electron chi connectivity index (χ3n) is 14.5. The summed E-state index contributed by atoms with van der Waals surface area (Å²) in [7, 11) is 1.91. The van der Waals surface area contributed by atoms with E-state index in [0.717, 1.165) is 0 Å². The van der Waals surface area contributed by atoms with E-state index in [1.54, 1.807) is 0 Å². The van der Waals surface area contributed by atoms with Crippen LogP contribution in [-0.4, -0.2) is 342 Å². The van der Waals surface area contributed by atoms with Gasteiger partial charge in [-0.3, -0.25) is 4.90 Å². The number of ether oxygens (including phenoxy) is 12. The summed E-state index contributed by atoms with van der Waals surface area (Å²) in [5, 5.41) is 178. The van der Waals surface area contributed by atoms with Crippen LogP contribution in [0.5, 0.6) is 0 Å². The topological polar surface area (TPSA) is 441 Å². The molecule has 0 spiro atoms. The van der Waals surface area contributed by atoms with E-state index in [1.165, 1.54) is 6.92 Å². The molecule has 23 heterocycles. The minimum absolute atomic E-state index is 0.0128. The van der Waals surface area contributed by atoms with Gasteiger partial charge in [-0.1, -0.05) is 0 Å². The molecular formula is C41H70N2O28. The summed E-state index contributed by atoms with van der Waals surface area (Å²) in [6, 6.07) is 0. The monoisotopic (exact) mass is 1040 g/mol. The predicted molar refractivity (Wildman–Crippen MR) is 221 cm³/mol. The van der Waals surface area contributed by atoms with Crippen LogP contribution >= 0.6 is 0 Å². The molecule has 0 aromatic rings. The Morgan fingerprint density at radius 1 is 0.310 bits per heavy atom. The van der Waals surface area contributed by atoms with Crippen molar-refractivity contribution in [1.82, 2.24) is 9.80 Å². The molecule has 23 saturated heterocycles. The fourth-order valence-corrected chi connectivity index (χ4v) is 10.2. The fourth-order valence-electron chi connectivity index (χ4n) is 10.2. The maximum Gasteiger partial charge on any atom is 0.187 e. The molecule has 12 bridgehead atoms. The van der Waals surface area contributed by atoms with Gasteiger partial charge < -0.3 is 143 Å². The molecule has 16 N–H and O–H groups in total. The van der Waals surface area contributed by atoms with E-state index in [9.17, 15) is 81.7 Å². The Morgan fingerprint density at radius 3 is 0.845 bits per heavy atom. The van der Waals surface area contributed by atoms with Gasteiger partial charge in [0, 0.05) is 32.7 Å². The highest BCUT2D eigenvalue weighted by Gasteiger charge is 2.58. The summed E-state index contributed by atoms with van der Waals surface area (Å²) >= 11 is 0. The Balaban J connectivity index is 1.10. The first-order valence-corrected chi connectivity index (χ1v) is 23.7. The van der Waals surface area contributed by atoms with E-state index < -0.39 is 211 Å². The van der Waals surface area contributed by atoms with Crippen molar-refractivity contribution in [2.45, 2.75) is 191 Å². The molecule has 71 heavy (non-hydrogen) atoms. The zero-order chi connectivity index (χ0) is 51.3. The molecule has 30 atom stereocenters. The average molecular weight is 1040 g/mol. The van der Waals surface area contributed by atoms with Crippen LogP contribution in [0.15, 0.2) is 0 Å². The summed E-state index contributed by atoms with van der Waals surface area (Å²) in [6.07, 6.45) is -54.8. The zero-order valence-electron chi connectivity index (χ0n) is 38.6.